The SMILES string of the molecule is COc1ccc(-c2cn[nH]c(=O)c2-c2csc(NC3CC3)n2)cc1. The van der Waals surface area contributed by atoms with E-state index >= 15 is 0 Å². The summed E-state index contributed by atoms with van der Waals surface area (Å²) in [6, 6.07) is 8.08. The van der Waals surface area contributed by atoms with Gasteiger partial charge in [-0.15, -0.1) is 11.3 Å². The molecule has 2 aromatic heterocycles. The van der Waals surface area contributed by atoms with E-state index in [1.165, 1.54) is 24.2 Å². The Morgan fingerprint density at radius 1 is 1.29 bits per heavy atom. The van der Waals surface area contributed by atoms with Crippen LogP contribution >= 0.6 is 11.3 Å². The predicted octanol–water partition coefficient (Wildman–Crippen LogP) is 3.14. The molecule has 6 nitrogen and oxygen atoms in total. The van der Waals surface area contributed by atoms with Crippen LogP contribution in [0.15, 0.2) is 40.6 Å². The summed E-state index contributed by atoms with van der Waals surface area (Å²) >= 11 is 1.52. The van der Waals surface area contributed by atoms with Gasteiger partial charge >= 0.3 is 0 Å². The quantitative estimate of drug-likeness (QED) is 0.746. The van der Waals surface area contributed by atoms with Crippen LogP contribution in [0.4, 0.5) is 5.13 Å². The Morgan fingerprint density at radius 3 is 2.79 bits per heavy atom. The minimum Gasteiger partial charge on any atom is -0.497 e. The maximum atomic E-state index is 12.4. The summed E-state index contributed by atoms with van der Waals surface area (Å²) in [4.78, 5) is 17.0. The van der Waals surface area contributed by atoms with E-state index in [-0.39, 0.29) is 5.56 Å². The second-order valence-electron chi connectivity index (χ2n) is 5.67. The van der Waals surface area contributed by atoms with Crippen LogP contribution in [0.1, 0.15) is 12.8 Å². The average molecular weight is 340 g/mol. The minimum atomic E-state index is -0.244. The zero-order valence-electron chi connectivity index (χ0n) is 13.1. The molecule has 1 aliphatic carbocycles. The van der Waals surface area contributed by atoms with Crippen LogP contribution in [0.2, 0.25) is 0 Å². The van der Waals surface area contributed by atoms with Crippen molar-refractivity contribution in [3.8, 4) is 28.1 Å². The number of anilines is 1. The van der Waals surface area contributed by atoms with Gasteiger partial charge in [0.2, 0.25) is 0 Å². The van der Waals surface area contributed by atoms with Crippen molar-refractivity contribution in [3.63, 3.8) is 0 Å². The molecular formula is C17H16N4O2S. The highest BCUT2D eigenvalue weighted by Gasteiger charge is 2.23. The first kappa shape index (κ1) is 14.9. The third kappa shape index (κ3) is 2.90. The van der Waals surface area contributed by atoms with E-state index in [9.17, 15) is 4.79 Å². The molecule has 0 radical (unpaired) electrons. The zero-order chi connectivity index (χ0) is 16.5. The number of aromatic amines is 1. The molecule has 2 N–H and O–H groups in total. The van der Waals surface area contributed by atoms with Crippen molar-refractivity contribution in [3.05, 3.63) is 46.2 Å². The molecule has 0 spiro atoms. The van der Waals surface area contributed by atoms with Crippen molar-refractivity contribution < 1.29 is 4.74 Å². The first-order chi connectivity index (χ1) is 11.7. The lowest BCUT2D eigenvalue weighted by Crippen LogP contribution is -2.12. The Morgan fingerprint density at radius 2 is 2.08 bits per heavy atom. The number of ether oxygens (including phenoxy) is 1. The van der Waals surface area contributed by atoms with Crippen molar-refractivity contribution in [1.82, 2.24) is 15.2 Å². The smallest absolute Gasteiger partial charge is 0.274 e. The molecule has 0 unspecified atom stereocenters. The van der Waals surface area contributed by atoms with Gasteiger partial charge in [-0.2, -0.15) is 5.10 Å². The third-order valence-electron chi connectivity index (χ3n) is 3.92. The standard InChI is InChI=1S/C17H16N4O2S/c1-23-12-6-2-10(3-7-12)13-8-18-21-16(22)15(13)14-9-24-17(20-14)19-11-4-5-11/h2-3,6-9,11H,4-5H2,1H3,(H,19,20)(H,21,22). The highest BCUT2D eigenvalue weighted by molar-refractivity contribution is 7.14. The first-order valence-corrected chi connectivity index (χ1v) is 8.57. The number of nitrogens with one attached hydrogen (secondary N) is 2. The topological polar surface area (TPSA) is 79.9 Å². The number of hydrogen-bond donors (Lipinski definition) is 2. The normalized spacial score (nSPS) is 13.7. The van der Waals surface area contributed by atoms with Gasteiger partial charge in [-0.25, -0.2) is 10.1 Å². The van der Waals surface area contributed by atoms with Crippen molar-refractivity contribution in [2.75, 3.05) is 12.4 Å². The van der Waals surface area contributed by atoms with Crippen LogP contribution in [0.25, 0.3) is 22.4 Å². The van der Waals surface area contributed by atoms with Crippen molar-refractivity contribution >= 4 is 16.5 Å². The van der Waals surface area contributed by atoms with E-state index in [4.69, 9.17) is 4.74 Å². The molecular weight excluding hydrogens is 324 g/mol. The van der Waals surface area contributed by atoms with Gasteiger partial charge < -0.3 is 10.1 Å². The van der Waals surface area contributed by atoms with Crippen LogP contribution in [-0.2, 0) is 0 Å². The number of H-pyrrole nitrogens is 1. The molecule has 1 saturated carbocycles. The second kappa shape index (κ2) is 6.09. The monoisotopic (exact) mass is 340 g/mol. The molecule has 4 rings (SSSR count). The van der Waals surface area contributed by atoms with Crippen molar-refractivity contribution in [2.45, 2.75) is 18.9 Å². The van der Waals surface area contributed by atoms with E-state index in [0.717, 1.165) is 22.0 Å². The van der Waals surface area contributed by atoms with E-state index in [1.807, 2.05) is 29.6 Å². The maximum Gasteiger partial charge on any atom is 0.274 e. The largest absolute Gasteiger partial charge is 0.497 e. The van der Waals surface area contributed by atoms with E-state index < -0.39 is 0 Å². The number of aromatic nitrogens is 3. The molecule has 0 atom stereocenters. The number of rotatable bonds is 5. The Bertz CT molecular complexity index is 913. The molecule has 24 heavy (non-hydrogen) atoms. The number of methoxy groups -OCH3 is 1. The van der Waals surface area contributed by atoms with Crippen LogP contribution in [0, 0.1) is 0 Å². The lowest BCUT2D eigenvalue weighted by atomic mass is 10.0. The summed E-state index contributed by atoms with van der Waals surface area (Å²) in [6.07, 6.45) is 4.02. The molecule has 7 heteroatoms. The lowest BCUT2D eigenvalue weighted by Gasteiger charge is -2.07. The van der Waals surface area contributed by atoms with Crippen LogP contribution in [-0.4, -0.2) is 28.3 Å². The Hall–Kier alpha value is -2.67. The molecule has 0 amide bonds. The Labute approximate surface area is 142 Å². The fraction of sp³-hybridized carbons (Fsp3) is 0.235. The lowest BCUT2D eigenvalue weighted by molar-refractivity contribution is 0.415. The second-order valence-corrected chi connectivity index (χ2v) is 6.53. The maximum absolute atomic E-state index is 12.4. The highest BCUT2D eigenvalue weighted by atomic mass is 32.1. The fourth-order valence-corrected chi connectivity index (χ4v) is 3.28. The molecule has 0 saturated heterocycles. The van der Waals surface area contributed by atoms with Gasteiger partial charge in [0.25, 0.3) is 5.56 Å². The number of nitrogens with zero attached hydrogens (tertiary/aromatic N) is 2. The summed E-state index contributed by atoms with van der Waals surface area (Å²) in [6.45, 7) is 0. The van der Waals surface area contributed by atoms with Crippen LogP contribution in [0.3, 0.4) is 0 Å². The summed E-state index contributed by atoms with van der Waals surface area (Å²) in [5, 5.41) is 12.6. The minimum absolute atomic E-state index is 0.244. The van der Waals surface area contributed by atoms with Gasteiger partial charge in [-0.1, -0.05) is 12.1 Å². The van der Waals surface area contributed by atoms with Gasteiger partial charge in [0.1, 0.15) is 5.75 Å². The van der Waals surface area contributed by atoms with Gasteiger partial charge in [-0.3, -0.25) is 4.79 Å². The van der Waals surface area contributed by atoms with E-state index in [0.29, 0.717) is 17.3 Å². The van der Waals surface area contributed by atoms with Gasteiger partial charge in [-0.05, 0) is 30.5 Å². The molecule has 3 aromatic rings. The zero-order valence-corrected chi connectivity index (χ0v) is 13.9. The number of benzene rings is 1. The molecule has 122 valence electrons. The third-order valence-corrected chi connectivity index (χ3v) is 4.70. The molecule has 2 heterocycles. The molecule has 1 aromatic carbocycles. The van der Waals surface area contributed by atoms with Crippen LogP contribution < -0.4 is 15.6 Å². The first-order valence-electron chi connectivity index (χ1n) is 7.69. The van der Waals surface area contributed by atoms with E-state index in [2.05, 4.69) is 20.5 Å². The van der Waals surface area contributed by atoms with E-state index in [1.54, 1.807) is 13.3 Å². The molecule has 0 bridgehead atoms. The summed E-state index contributed by atoms with van der Waals surface area (Å²) in [7, 11) is 1.62. The highest BCUT2D eigenvalue weighted by Crippen LogP contribution is 2.33. The predicted molar refractivity (Wildman–Crippen MR) is 94.6 cm³/mol. The summed E-state index contributed by atoms with van der Waals surface area (Å²) in [5.74, 6) is 0.766. The molecule has 1 aliphatic rings. The van der Waals surface area contributed by atoms with Crippen LogP contribution in [0.5, 0.6) is 5.75 Å². The Balaban J connectivity index is 1.76. The van der Waals surface area contributed by atoms with Gasteiger partial charge in [0.05, 0.1) is 24.6 Å². The van der Waals surface area contributed by atoms with Crippen molar-refractivity contribution in [1.29, 1.82) is 0 Å². The molecule has 0 aliphatic heterocycles. The number of hydrogen-bond acceptors (Lipinski definition) is 6. The van der Waals surface area contributed by atoms with Crippen molar-refractivity contribution in [2.24, 2.45) is 0 Å². The van der Waals surface area contributed by atoms with Gasteiger partial charge in [0.15, 0.2) is 5.13 Å². The summed E-state index contributed by atoms with van der Waals surface area (Å²) < 4.78 is 5.19. The number of thiazole rings is 1. The summed E-state index contributed by atoms with van der Waals surface area (Å²) in [5.41, 5.74) is 2.61. The fourth-order valence-electron chi connectivity index (χ4n) is 2.50. The Kier molecular flexibility index (Phi) is 3.78. The molecule has 1 fully saturated rings. The van der Waals surface area contributed by atoms with Gasteiger partial charge in [0, 0.05) is 17.0 Å². The average Bonchev–Trinajstić information content (AvgIpc) is 3.30.